The average Bonchev–Trinajstić information content (AvgIpc) is 2.82. The standard InChI is InChI=1S/C24H30N4O4/c1-31-21-13-9-19(10-14-21)17-25-27-23(29)7-5-3-4-6-8-24(30)28-26-18-20-11-15-22(32-2)16-12-20/h9-18H,3-8H2,1-2H3,(H,27,29)(H,28,30)/b25-17+,26-18+. The van der Waals surface area contributed by atoms with Gasteiger partial charge in [0.1, 0.15) is 11.5 Å². The molecule has 0 heterocycles. The Bertz CT molecular complexity index is 818. The number of unbranched alkanes of at least 4 members (excludes halogenated alkanes) is 3. The van der Waals surface area contributed by atoms with Gasteiger partial charge in [-0.05, 0) is 72.5 Å². The number of amides is 2. The molecule has 0 aromatic heterocycles. The molecule has 0 unspecified atom stereocenters. The van der Waals surface area contributed by atoms with E-state index in [-0.39, 0.29) is 11.8 Å². The van der Waals surface area contributed by atoms with Crippen molar-refractivity contribution in [3.05, 3.63) is 59.7 Å². The highest BCUT2D eigenvalue weighted by Crippen LogP contribution is 2.10. The van der Waals surface area contributed by atoms with E-state index in [1.807, 2.05) is 48.5 Å². The van der Waals surface area contributed by atoms with E-state index in [0.717, 1.165) is 48.3 Å². The molecule has 0 atom stereocenters. The lowest BCUT2D eigenvalue weighted by atomic mass is 10.1. The summed E-state index contributed by atoms with van der Waals surface area (Å²) in [5.74, 6) is 1.29. The summed E-state index contributed by atoms with van der Waals surface area (Å²) in [5, 5.41) is 7.91. The summed E-state index contributed by atoms with van der Waals surface area (Å²) in [6, 6.07) is 14.7. The molecule has 2 amide bonds. The Morgan fingerprint density at radius 3 is 1.41 bits per heavy atom. The summed E-state index contributed by atoms with van der Waals surface area (Å²) in [6.07, 6.45) is 7.23. The normalized spacial score (nSPS) is 10.9. The summed E-state index contributed by atoms with van der Waals surface area (Å²) in [5.41, 5.74) is 6.79. The van der Waals surface area contributed by atoms with E-state index in [1.165, 1.54) is 0 Å². The third-order valence-electron chi connectivity index (χ3n) is 4.60. The minimum atomic E-state index is -0.125. The van der Waals surface area contributed by atoms with Gasteiger partial charge in [0.25, 0.3) is 0 Å². The second kappa shape index (κ2) is 14.3. The molecular formula is C24H30N4O4. The Morgan fingerprint density at radius 1 is 0.688 bits per heavy atom. The van der Waals surface area contributed by atoms with E-state index in [2.05, 4.69) is 21.1 Å². The molecule has 0 bridgehead atoms. The highest BCUT2D eigenvalue weighted by Gasteiger charge is 2.02. The maximum Gasteiger partial charge on any atom is 0.240 e. The number of nitrogens with zero attached hydrogens (tertiary/aromatic N) is 2. The van der Waals surface area contributed by atoms with E-state index >= 15 is 0 Å². The van der Waals surface area contributed by atoms with Crippen LogP contribution in [0.4, 0.5) is 0 Å². The number of benzene rings is 2. The summed E-state index contributed by atoms with van der Waals surface area (Å²) in [4.78, 5) is 23.6. The van der Waals surface area contributed by atoms with Crippen LogP contribution in [0.15, 0.2) is 58.7 Å². The van der Waals surface area contributed by atoms with E-state index in [9.17, 15) is 9.59 Å². The number of rotatable bonds is 13. The number of carbonyl (C=O) groups is 2. The van der Waals surface area contributed by atoms with Gasteiger partial charge in [0.2, 0.25) is 11.8 Å². The number of carbonyl (C=O) groups excluding carboxylic acids is 2. The van der Waals surface area contributed by atoms with Crippen molar-refractivity contribution in [3.63, 3.8) is 0 Å². The predicted molar refractivity (Wildman–Crippen MR) is 125 cm³/mol. The van der Waals surface area contributed by atoms with Crippen LogP contribution in [0.1, 0.15) is 49.7 Å². The van der Waals surface area contributed by atoms with Gasteiger partial charge in [-0.2, -0.15) is 10.2 Å². The highest BCUT2D eigenvalue weighted by molar-refractivity contribution is 5.83. The van der Waals surface area contributed by atoms with Crippen LogP contribution in [0.25, 0.3) is 0 Å². The number of hydrogen-bond acceptors (Lipinski definition) is 6. The monoisotopic (exact) mass is 438 g/mol. The van der Waals surface area contributed by atoms with Crippen molar-refractivity contribution >= 4 is 24.2 Å². The molecule has 2 aromatic rings. The predicted octanol–water partition coefficient (Wildman–Crippen LogP) is 3.64. The molecule has 2 N–H and O–H groups in total. The second-order valence-corrected chi connectivity index (χ2v) is 7.05. The van der Waals surface area contributed by atoms with Gasteiger partial charge < -0.3 is 9.47 Å². The van der Waals surface area contributed by atoms with E-state index in [0.29, 0.717) is 12.8 Å². The molecule has 0 saturated heterocycles. The van der Waals surface area contributed by atoms with Crippen molar-refractivity contribution in [1.29, 1.82) is 0 Å². The molecule has 0 aliphatic rings. The van der Waals surface area contributed by atoms with Crippen molar-refractivity contribution in [2.45, 2.75) is 38.5 Å². The first kappa shape index (κ1) is 24.6. The molecule has 170 valence electrons. The zero-order valence-corrected chi connectivity index (χ0v) is 18.5. The Hall–Kier alpha value is -3.68. The molecule has 32 heavy (non-hydrogen) atoms. The van der Waals surface area contributed by atoms with Crippen LogP contribution in [0.3, 0.4) is 0 Å². The lowest BCUT2D eigenvalue weighted by Crippen LogP contribution is -2.17. The lowest BCUT2D eigenvalue weighted by molar-refractivity contribution is -0.122. The molecule has 2 aromatic carbocycles. The maximum absolute atomic E-state index is 11.8. The van der Waals surface area contributed by atoms with Crippen molar-refractivity contribution in [3.8, 4) is 11.5 Å². The van der Waals surface area contributed by atoms with Crippen LogP contribution in [0.2, 0.25) is 0 Å². The Morgan fingerprint density at radius 2 is 1.06 bits per heavy atom. The fraction of sp³-hybridized carbons (Fsp3) is 0.333. The van der Waals surface area contributed by atoms with E-state index < -0.39 is 0 Å². The Kier molecular flexibility index (Phi) is 11.0. The first-order valence-corrected chi connectivity index (χ1v) is 10.5. The third-order valence-corrected chi connectivity index (χ3v) is 4.60. The topological polar surface area (TPSA) is 101 Å². The van der Waals surface area contributed by atoms with Gasteiger partial charge in [-0.15, -0.1) is 0 Å². The quantitative estimate of drug-likeness (QED) is 0.283. The zero-order chi connectivity index (χ0) is 23.0. The number of methoxy groups -OCH3 is 2. The van der Waals surface area contributed by atoms with Crippen molar-refractivity contribution in [1.82, 2.24) is 10.9 Å². The largest absolute Gasteiger partial charge is 0.497 e. The highest BCUT2D eigenvalue weighted by atomic mass is 16.5. The maximum atomic E-state index is 11.8. The number of hydrazone groups is 2. The molecule has 8 heteroatoms. The SMILES string of the molecule is COc1ccc(/C=N/NC(=O)CCCCCCC(=O)N/N=C/c2ccc(OC)cc2)cc1. The van der Waals surface area contributed by atoms with Crippen LogP contribution in [0, 0.1) is 0 Å². The summed E-state index contributed by atoms with van der Waals surface area (Å²) in [6.45, 7) is 0. The van der Waals surface area contributed by atoms with Gasteiger partial charge in [-0.25, -0.2) is 10.9 Å². The summed E-state index contributed by atoms with van der Waals surface area (Å²) >= 11 is 0. The van der Waals surface area contributed by atoms with E-state index in [4.69, 9.17) is 9.47 Å². The van der Waals surface area contributed by atoms with Crippen LogP contribution < -0.4 is 20.3 Å². The third kappa shape index (κ3) is 9.88. The first-order chi connectivity index (χ1) is 15.6. The smallest absolute Gasteiger partial charge is 0.240 e. The van der Waals surface area contributed by atoms with Crippen LogP contribution >= 0.6 is 0 Å². The molecule has 0 saturated carbocycles. The molecule has 8 nitrogen and oxygen atoms in total. The fourth-order valence-corrected chi connectivity index (χ4v) is 2.77. The van der Waals surface area contributed by atoms with Gasteiger partial charge in [-0.3, -0.25) is 9.59 Å². The van der Waals surface area contributed by atoms with Crippen molar-refractivity contribution in [2.75, 3.05) is 14.2 Å². The minimum absolute atomic E-state index is 0.125. The Labute approximate surface area is 188 Å². The van der Waals surface area contributed by atoms with Gasteiger partial charge >= 0.3 is 0 Å². The lowest BCUT2D eigenvalue weighted by Gasteiger charge is -2.02. The molecule has 0 aliphatic heterocycles. The average molecular weight is 439 g/mol. The summed E-state index contributed by atoms with van der Waals surface area (Å²) < 4.78 is 10.2. The van der Waals surface area contributed by atoms with Crippen LogP contribution in [-0.4, -0.2) is 38.5 Å². The minimum Gasteiger partial charge on any atom is -0.497 e. The van der Waals surface area contributed by atoms with E-state index in [1.54, 1.807) is 26.6 Å². The molecule has 0 spiro atoms. The molecule has 0 aliphatic carbocycles. The number of nitrogens with one attached hydrogen (secondary N) is 2. The Balaban J connectivity index is 1.50. The zero-order valence-electron chi connectivity index (χ0n) is 18.5. The number of ether oxygens (including phenoxy) is 2. The van der Waals surface area contributed by atoms with Gasteiger partial charge in [0.05, 0.1) is 26.6 Å². The van der Waals surface area contributed by atoms with Crippen LogP contribution in [0.5, 0.6) is 11.5 Å². The fourth-order valence-electron chi connectivity index (χ4n) is 2.77. The van der Waals surface area contributed by atoms with Crippen molar-refractivity contribution in [2.24, 2.45) is 10.2 Å². The second-order valence-electron chi connectivity index (χ2n) is 7.05. The molecule has 0 radical (unpaired) electrons. The first-order valence-electron chi connectivity index (χ1n) is 10.5. The van der Waals surface area contributed by atoms with Crippen molar-refractivity contribution < 1.29 is 19.1 Å². The van der Waals surface area contributed by atoms with Gasteiger partial charge in [0.15, 0.2) is 0 Å². The van der Waals surface area contributed by atoms with Gasteiger partial charge in [-0.1, -0.05) is 12.8 Å². The number of hydrogen-bond donors (Lipinski definition) is 2. The molecular weight excluding hydrogens is 408 g/mol. The molecule has 2 rings (SSSR count). The van der Waals surface area contributed by atoms with Crippen LogP contribution in [-0.2, 0) is 9.59 Å². The summed E-state index contributed by atoms with van der Waals surface area (Å²) in [7, 11) is 3.22. The van der Waals surface area contributed by atoms with Gasteiger partial charge in [0, 0.05) is 12.8 Å². The molecule has 0 fully saturated rings.